The fraction of sp³-hybridized carbons (Fsp3) is 0.429. The van der Waals surface area contributed by atoms with E-state index in [2.05, 4.69) is 42.1 Å². The van der Waals surface area contributed by atoms with Crippen molar-refractivity contribution in [3.8, 4) is 10.7 Å². The smallest absolute Gasteiger partial charge is 0.186 e. The molecule has 0 bridgehead atoms. The van der Waals surface area contributed by atoms with Gasteiger partial charge in [0.1, 0.15) is 0 Å². The van der Waals surface area contributed by atoms with Gasteiger partial charge in [0, 0.05) is 11.9 Å². The van der Waals surface area contributed by atoms with Crippen molar-refractivity contribution in [1.29, 1.82) is 0 Å². The first-order valence-electron chi connectivity index (χ1n) is 6.15. The van der Waals surface area contributed by atoms with Gasteiger partial charge in [-0.2, -0.15) is 0 Å². The Morgan fingerprint density at radius 1 is 1.21 bits per heavy atom. The third-order valence-corrected chi connectivity index (χ3v) is 4.33. The molecule has 0 saturated heterocycles. The molecule has 0 amide bonds. The number of hydrogen-bond acceptors (Lipinski definition) is 4. The summed E-state index contributed by atoms with van der Waals surface area (Å²) in [7, 11) is 1.66. The molecule has 0 aromatic carbocycles. The van der Waals surface area contributed by atoms with Gasteiger partial charge in [0.25, 0.3) is 0 Å². The SMILES string of the molecule is CNc1nc(-c2ccc(C(C)(C)C)s2)nc(C)c1F. The van der Waals surface area contributed by atoms with Crippen LogP contribution in [0.5, 0.6) is 0 Å². The minimum absolute atomic E-state index is 0.101. The first kappa shape index (κ1) is 13.9. The van der Waals surface area contributed by atoms with Crippen molar-refractivity contribution in [3.63, 3.8) is 0 Å². The summed E-state index contributed by atoms with van der Waals surface area (Å²) in [6.45, 7) is 8.15. The molecule has 5 heteroatoms. The van der Waals surface area contributed by atoms with Gasteiger partial charge in [-0.3, -0.25) is 0 Å². The van der Waals surface area contributed by atoms with Crippen LogP contribution in [0.4, 0.5) is 10.2 Å². The van der Waals surface area contributed by atoms with Gasteiger partial charge in [0.15, 0.2) is 17.5 Å². The molecule has 3 nitrogen and oxygen atoms in total. The summed E-state index contributed by atoms with van der Waals surface area (Å²) in [6.07, 6.45) is 0. The van der Waals surface area contributed by atoms with Crippen LogP contribution in [0.2, 0.25) is 0 Å². The summed E-state index contributed by atoms with van der Waals surface area (Å²) in [6, 6.07) is 4.08. The Bertz CT molecular complexity index is 599. The Hall–Kier alpha value is -1.49. The first-order chi connectivity index (χ1) is 8.82. The molecule has 19 heavy (non-hydrogen) atoms. The van der Waals surface area contributed by atoms with E-state index in [1.54, 1.807) is 25.3 Å². The van der Waals surface area contributed by atoms with Gasteiger partial charge >= 0.3 is 0 Å². The number of nitrogens with one attached hydrogen (secondary N) is 1. The number of thiophene rings is 1. The van der Waals surface area contributed by atoms with E-state index < -0.39 is 0 Å². The van der Waals surface area contributed by atoms with Gasteiger partial charge in [0.05, 0.1) is 10.6 Å². The predicted octanol–water partition coefficient (Wildman–Crippen LogP) is 3.99. The van der Waals surface area contributed by atoms with Crippen molar-refractivity contribution in [2.75, 3.05) is 12.4 Å². The van der Waals surface area contributed by atoms with Crippen LogP contribution in [0, 0.1) is 12.7 Å². The minimum atomic E-state index is -0.390. The number of anilines is 1. The van der Waals surface area contributed by atoms with Crippen LogP contribution in [0.25, 0.3) is 10.7 Å². The fourth-order valence-corrected chi connectivity index (χ4v) is 2.69. The summed E-state index contributed by atoms with van der Waals surface area (Å²) in [5.41, 5.74) is 0.462. The van der Waals surface area contributed by atoms with Crippen LogP contribution in [-0.4, -0.2) is 17.0 Å². The molecule has 1 N–H and O–H groups in total. The zero-order valence-corrected chi connectivity index (χ0v) is 12.7. The van der Waals surface area contributed by atoms with Gasteiger partial charge in [0.2, 0.25) is 0 Å². The Morgan fingerprint density at radius 2 is 1.89 bits per heavy atom. The molecule has 0 saturated carbocycles. The van der Waals surface area contributed by atoms with Gasteiger partial charge in [-0.05, 0) is 24.5 Å². The topological polar surface area (TPSA) is 37.8 Å². The standard InChI is InChI=1S/C14H18FN3S/c1-8-11(15)13(16-5)18-12(17-8)9-6-7-10(19-9)14(2,3)4/h6-7H,1-5H3,(H,16,17,18). The minimum Gasteiger partial charge on any atom is -0.371 e. The normalized spacial score (nSPS) is 11.7. The molecule has 0 radical (unpaired) electrons. The average Bonchev–Trinajstić information content (AvgIpc) is 2.81. The van der Waals surface area contributed by atoms with E-state index in [-0.39, 0.29) is 17.1 Å². The lowest BCUT2D eigenvalue weighted by molar-refractivity contribution is 0.604. The van der Waals surface area contributed by atoms with Crippen molar-refractivity contribution in [1.82, 2.24) is 9.97 Å². The molecule has 0 fully saturated rings. The van der Waals surface area contributed by atoms with E-state index in [0.717, 1.165) is 4.88 Å². The van der Waals surface area contributed by atoms with Crippen molar-refractivity contribution in [3.05, 3.63) is 28.5 Å². The van der Waals surface area contributed by atoms with Crippen molar-refractivity contribution in [2.24, 2.45) is 0 Å². The van der Waals surface area contributed by atoms with Crippen LogP contribution < -0.4 is 5.32 Å². The van der Waals surface area contributed by atoms with E-state index in [0.29, 0.717) is 11.5 Å². The molecule has 2 heterocycles. The van der Waals surface area contributed by atoms with Crippen molar-refractivity contribution < 1.29 is 4.39 Å². The zero-order chi connectivity index (χ0) is 14.2. The van der Waals surface area contributed by atoms with Crippen LogP contribution in [0.3, 0.4) is 0 Å². The first-order valence-corrected chi connectivity index (χ1v) is 6.97. The lowest BCUT2D eigenvalue weighted by Gasteiger charge is -2.15. The molecular formula is C14H18FN3S. The van der Waals surface area contributed by atoms with Gasteiger partial charge in [-0.25, -0.2) is 14.4 Å². The van der Waals surface area contributed by atoms with E-state index in [1.807, 2.05) is 6.07 Å². The van der Waals surface area contributed by atoms with E-state index >= 15 is 0 Å². The summed E-state index contributed by atoms with van der Waals surface area (Å²) >= 11 is 1.65. The quantitative estimate of drug-likeness (QED) is 0.903. The Labute approximate surface area is 116 Å². The van der Waals surface area contributed by atoms with E-state index in [4.69, 9.17) is 0 Å². The number of rotatable bonds is 2. The maximum atomic E-state index is 13.7. The molecule has 0 aliphatic carbocycles. The van der Waals surface area contributed by atoms with Crippen LogP contribution >= 0.6 is 11.3 Å². The Morgan fingerprint density at radius 3 is 2.42 bits per heavy atom. The lowest BCUT2D eigenvalue weighted by Crippen LogP contribution is -2.07. The van der Waals surface area contributed by atoms with Gasteiger partial charge < -0.3 is 5.32 Å². The summed E-state index contributed by atoms with van der Waals surface area (Å²) in [5.74, 6) is 0.427. The molecule has 0 aliphatic heterocycles. The van der Waals surface area contributed by atoms with Gasteiger partial charge in [-0.1, -0.05) is 20.8 Å². The largest absolute Gasteiger partial charge is 0.371 e. The molecule has 0 spiro atoms. The Balaban J connectivity index is 2.48. The van der Waals surface area contributed by atoms with Crippen LogP contribution in [0.1, 0.15) is 31.3 Å². The second kappa shape index (κ2) is 4.89. The predicted molar refractivity (Wildman–Crippen MR) is 78.3 cm³/mol. The second-order valence-corrected chi connectivity index (χ2v) is 6.54. The van der Waals surface area contributed by atoms with E-state index in [1.165, 1.54) is 4.88 Å². The molecule has 2 aromatic rings. The molecule has 2 rings (SSSR count). The number of aromatic nitrogens is 2. The highest BCUT2D eigenvalue weighted by atomic mass is 32.1. The summed E-state index contributed by atoms with van der Waals surface area (Å²) < 4.78 is 13.7. The molecule has 0 unspecified atom stereocenters. The molecule has 102 valence electrons. The summed E-state index contributed by atoms with van der Waals surface area (Å²) in [5, 5.41) is 2.76. The average molecular weight is 279 g/mol. The molecule has 0 atom stereocenters. The highest BCUT2D eigenvalue weighted by Crippen LogP contribution is 2.34. The number of halogens is 1. The third kappa shape index (κ3) is 2.76. The van der Waals surface area contributed by atoms with Crippen molar-refractivity contribution in [2.45, 2.75) is 33.1 Å². The van der Waals surface area contributed by atoms with Crippen LogP contribution in [0.15, 0.2) is 12.1 Å². The maximum Gasteiger partial charge on any atom is 0.186 e. The highest BCUT2D eigenvalue weighted by Gasteiger charge is 2.18. The van der Waals surface area contributed by atoms with E-state index in [9.17, 15) is 4.39 Å². The lowest BCUT2D eigenvalue weighted by atomic mass is 9.95. The number of hydrogen-bond donors (Lipinski definition) is 1. The number of aryl methyl sites for hydroxylation is 1. The number of nitrogens with zero attached hydrogens (tertiary/aromatic N) is 2. The molecular weight excluding hydrogens is 261 g/mol. The highest BCUT2D eigenvalue weighted by molar-refractivity contribution is 7.15. The third-order valence-electron chi connectivity index (χ3n) is 2.82. The monoisotopic (exact) mass is 279 g/mol. The molecule has 0 aliphatic rings. The zero-order valence-electron chi connectivity index (χ0n) is 11.8. The van der Waals surface area contributed by atoms with Crippen molar-refractivity contribution >= 4 is 17.2 Å². The van der Waals surface area contributed by atoms with Crippen LogP contribution in [-0.2, 0) is 5.41 Å². The second-order valence-electron chi connectivity index (χ2n) is 5.46. The fourth-order valence-electron chi connectivity index (χ4n) is 1.70. The van der Waals surface area contributed by atoms with Gasteiger partial charge in [-0.15, -0.1) is 11.3 Å². The molecule has 2 aromatic heterocycles. The maximum absolute atomic E-state index is 13.7. The Kier molecular flexibility index (Phi) is 3.58. The summed E-state index contributed by atoms with van der Waals surface area (Å²) in [4.78, 5) is 10.7.